The molecule has 0 aliphatic carbocycles. The lowest BCUT2D eigenvalue weighted by molar-refractivity contribution is -0.382. The standard InChI is InChI=1S/C18H17Cl2N5O3/c1-10-4-6-24(7-5-10)15-9-14(21-13-8-11(19)2-3-12(13)20)18(25(26)27)17-16(15)22-28-23-17/h2-3,8-10,21H,4-7H2,1H3. The Labute approximate surface area is 170 Å². The Morgan fingerprint density at radius 3 is 2.61 bits per heavy atom. The summed E-state index contributed by atoms with van der Waals surface area (Å²) in [6.07, 6.45) is 2.07. The van der Waals surface area contributed by atoms with Crippen molar-refractivity contribution in [3.63, 3.8) is 0 Å². The number of anilines is 3. The molecule has 146 valence electrons. The summed E-state index contributed by atoms with van der Waals surface area (Å²) >= 11 is 12.3. The summed E-state index contributed by atoms with van der Waals surface area (Å²) in [5.41, 5.74) is 1.72. The Morgan fingerprint density at radius 2 is 1.89 bits per heavy atom. The van der Waals surface area contributed by atoms with Crippen molar-refractivity contribution >= 4 is 57.0 Å². The van der Waals surface area contributed by atoms with Crippen LogP contribution in [-0.2, 0) is 0 Å². The topological polar surface area (TPSA) is 97.3 Å². The maximum absolute atomic E-state index is 11.8. The number of rotatable bonds is 4. The van der Waals surface area contributed by atoms with Crippen LogP contribution in [0.15, 0.2) is 28.9 Å². The first-order chi connectivity index (χ1) is 13.4. The van der Waals surface area contributed by atoms with Gasteiger partial charge in [0.2, 0.25) is 5.52 Å². The van der Waals surface area contributed by atoms with Gasteiger partial charge in [-0.2, -0.15) is 0 Å². The molecule has 1 fully saturated rings. The number of nitro groups is 1. The van der Waals surface area contributed by atoms with E-state index in [1.807, 2.05) is 0 Å². The maximum atomic E-state index is 11.8. The van der Waals surface area contributed by atoms with Crippen molar-refractivity contribution in [2.24, 2.45) is 5.92 Å². The molecule has 3 aromatic rings. The van der Waals surface area contributed by atoms with Crippen molar-refractivity contribution in [1.29, 1.82) is 0 Å². The number of piperidine rings is 1. The normalized spacial score (nSPS) is 15.2. The first-order valence-corrected chi connectivity index (χ1v) is 9.60. The van der Waals surface area contributed by atoms with Gasteiger partial charge in [0.15, 0.2) is 5.52 Å². The van der Waals surface area contributed by atoms with Crippen LogP contribution < -0.4 is 10.2 Å². The van der Waals surface area contributed by atoms with Crippen LogP contribution in [0.3, 0.4) is 0 Å². The second kappa shape index (κ2) is 7.44. The Hall–Kier alpha value is -2.58. The van der Waals surface area contributed by atoms with Gasteiger partial charge < -0.3 is 10.2 Å². The molecule has 4 rings (SSSR count). The van der Waals surface area contributed by atoms with E-state index in [9.17, 15) is 10.1 Å². The zero-order valence-corrected chi connectivity index (χ0v) is 16.5. The molecule has 1 aromatic heterocycles. The van der Waals surface area contributed by atoms with E-state index in [2.05, 4.69) is 27.5 Å². The summed E-state index contributed by atoms with van der Waals surface area (Å²) in [5.74, 6) is 0.642. The van der Waals surface area contributed by atoms with E-state index in [1.165, 1.54) is 0 Å². The quantitative estimate of drug-likeness (QED) is 0.443. The highest BCUT2D eigenvalue weighted by molar-refractivity contribution is 6.35. The lowest BCUT2D eigenvalue weighted by Crippen LogP contribution is -2.33. The minimum absolute atomic E-state index is 0.0989. The van der Waals surface area contributed by atoms with Gasteiger partial charge in [0, 0.05) is 18.1 Å². The molecule has 28 heavy (non-hydrogen) atoms. The molecule has 0 unspecified atom stereocenters. The third-order valence-electron chi connectivity index (χ3n) is 5.00. The number of halogens is 2. The molecule has 1 aliphatic heterocycles. The second-order valence-electron chi connectivity index (χ2n) is 6.93. The number of nitrogens with one attached hydrogen (secondary N) is 1. The SMILES string of the molecule is CC1CCN(c2cc(Nc3cc(Cl)ccc3Cl)c([N+](=O)[O-])c3nonc23)CC1. The molecular formula is C18H17Cl2N5O3. The largest absolute Gasteiger partial charge is 0.370 e. The molecule has 2 heterocycles. The number of benzene rings is 2. The number of aromatic nitrogens is 2. The molecule has 0 spiro atoms. The van der Waals surface area contributed by atoms with Gasteiger partial charge in [-0.3, -0.25) is 10.1 Å². The summed E-state index contributed by atoms with van der Waals surface area (Å²) < 4.78 is 4.85. The number of fused-ring (bicyclic) bond motifs is 1. The van der Waals surface area contributed by atoms with Gasteiger partial charge in [-0.1, -0.05) is 30.1 Å². The number of hydrogen-bond acceptors (Lipinski definition) is 7. The van der Waals surface area contributed by atoms with Crippen LogP contribution >= 0.6 is 23.2 Å². The maximum Gasteiger partial charge on any atom is 0.324 e. The van der Waals surface area contributed by atoms with Crippen LogP contribution in [0, 0.1) is 16.0 Å². The van der Waals surface area contributed by atoms with Crippen molar-refractivity contribution in [3.8, 4) is 0 Å². The predicted octanol–water partition coefficient (Wildman–Crippen LogP) is 5.42. The smallest absolute Gasteiger partial charge is 0.324 e. The van der Waals surface area contributed by atoms with Crippen molar-refractivity contribution in [3.05, 3.63) is 44.4 Å². The Morgan fingerprint density at radius 1 is 1.18 bits per heavy atom. The van der Waals surface area contributed by atoms with Crippen molar-refractivity contribution in [2.75, 3.05) is 23.3 Å². The van der Waals surface area contributed by atoms with Gasteiger partial charge in [0.1, 0.15) is 5.69 Å². The molecule has 2 aromatic carbocycles. The van der Waals surface area contributed by atoms with Crippen molar-refractivity contribution in [1.82, 2.24) is 10.3 Å². The zero-order chi connectivity index (χ0) is 19.8. The van der Waals surface area contributed by atoms with Crippen LogP contribution in [0.4, 0.5) is 22.7 Å². The average molecular weight is 422 g/mol. The van der Waals surface area contributed by atoms with Crippen LogP contribution in [0.1, 0.15) is 19.8 Å². The lowest BCUT2D eigenvalue weighted by Gasteiger charge is -2.32. The molecule has 1 saturated heterocycles. The van der Waals surface area contributed by atoms with E-state index in [0.29, 0.717) is 27.2 Å². The van der Waals surface area contributed by atoms with Crippen molar-refractivity contribution in [2.45, 2.75) is 19.8 Å². The number of hydrogen-bond donors (Lipinski definition) is 1. The molecular weight excluding hydrogens is 405 g/mol. The van der Waals surface area contributed by atoms with Crippen LogP contribution in [0.25, 0.3) is 11.0 Å². The molecule has 10 heteroatoms. The van der Waals surface area contributed by atoms with E-state index in [1.54, 1.807) is 24.3 Å². The summed E-state index contributed by atoms with van der Waals surface area (Å²) in [7, 11) is 0. The third-order valence-corrected chi connectivity index (χ3v) is 5.56. The monoisotopic (exact) mass is 421 g/mol. The Bertz CT molecular complexity index is 1050. The van der Waals surface area contributed by atoms with Crippen LogP contribution in [0.5, 0.6) is 0 Å². The fourth-order valence-corrected chi connectivity index (χ4v) is 3.76. The van der Waals surface area contributed by atoms with Gasteiger partial charge >= 0.3 is 5.69 Å². The molecule has 1 aliphatic rings. The van der Waals surface area contributed by atoms with Gasteiger partial charge in [0.25, 0.3) is 0 Å². The zero-order valence-electron chi connectivity index (χ0n) is 15.0. The number of nitro benzene ring substituents is 1. The van der Waals surface area contributed by atoms with Gasteiger partial charge in [0.05, 0.1) is 21.3 Å². The summed E-state index contributed by atoms with van der Waals surface area (Å²) in [4.78, 5) is 13.4. The first kappa shape index (κ1) is 18.8. The fraction of sp³-hybridized carbons (Fsp3) is 0.333. The molecule has 0 radical (unpaired) electrons. The van der Waals surface area contributed by atoms with E-state index >= 15 is 0 Å². The summed E-state index contributed by atoms with van der Waals surface area (Å²) in [6.45, 7) is 3.88. The van der Waals surface area contributed by atoms with Crippen LogP contribution in [-0.4, -0.2) is 28.3 Å². The first-order valence-electron chi connectivity index (χ1n) is 8.84. The molecule has 0 saturated carbocycles. The third kappa shape index (κ3) is 3.45. The molecule has 0 atom stereocenters. The second-order valence-corrected chi connectivity index (χ2v) is 7.77. The molecule has 0 amide bonds. The molecule has 0 bridgehead atoms. The Balaban J connectivity index is 1.85. The predicted molar refractivity (Wildman–Crippen MR) is 109 cm³/mol. The van der Waals surface area contributed by atoms with Gasteiger partial charge in [-0.15, -0.1) is 0 Å². The number of nitrogens with zero attached hydrogens (tertiary/aromatic N) is 4. The van der Waals surface area contributed by atoms with E-state index in [0.717, 1.165) is 31.6 Å². The van der Waals surface area contributed by atoms with E-state index in [-0.39, 0.29) is 16.9 Å². The average Bonchev–Trinajstić information content (AvgIpc) is 3.14. The van der Waals surface area contributed by atoms with Crippen LogP contribution in [0.2, 0.25) is 10.0 Å². The van der Waals surface area contributed by atoms with Gasteiger partial charge in [-0.05, 0) is 53.3 Å². The van der Waals surface area contributed by atoms with E-state index in [4.69, 9.17) is 27.8 Å². The minimum atomic E-state index is -0.505. The van der Waals surface area contributed by atoms with Crippen molar-refractivity contribution < 1.29 is 9.55 Å². The van der Waals surface area contributed by atoms with Gasteiger partial charge in [-0.25, -0.2) is 4.63 Å². The summed E-state index contributed by atoms with van der Waals surface area (Å²) in [6, 6.07) is 6.59. The lowest BCUT2D eigenvalue weighted by atomic mass is 9.98. The van der Waals surface area contributed by atoms with E-state index < -0.39 is 4.92 Å². The fourth-order valence-electron chi connectivity index (χ4n) is 3.42. The highest BCUT2D eigenvalue weighted by Gasteiger charge is 2.29. The molecule has 1 N–H and O–H groups in total. The Kier molecular flexibility index (Phi) is 4.99. The highest BCUT2D eigenvalue weighted by atomic mass is 35.5. The molecule has 8 nitrogen and oxygen atoms in total. The summed E-state index contributed by atoms with van der Waals surface area (Å²) in [5, 5.41) is 23.4. The highest BCUT2D eigenvalue weighted by Crippen LogP contribution is 2.41. The minimum Gasteiger partial charge on any atom is -0.370 e.